The topological polar surface area (TPSA) is 98.8 Å². The van der Waals surface area contributed by atoms with Gasteiger partial charge in [-0.05, 0) is 50.8 Å². The van der Waals surface area contributed by atoms with Gasteiger partial charge in [0.1, 0.15) is 0 Å². The number of benzene rings is 1. The second-order valence-corrected chi connectivity index (χ2v) is 10.1. The Kier molecular flexibility index (Phi) is 7.85. The van der Waals surface area contributed by atoms with Gasteiger partial charge in [-0.1, -0.05) is 18.2 Å². The van der Waals surface area contributed by atoms with E-state index >= 15 is 0 Å². The molecule has 0 bridgehead atoms. The van der Waals surface area contributed by atoms with Gasteiger partial charge in [-0.25, -0.2) is 13.1 Å². The molecule has 8 nitrogen and oxygen atoms in total. The highest BCUT2D eigenvalue weighted by atomic mass is 32.2. The van der Waals surface area contributed by atoms with E-state index in [1.165, 1.54) is 0 Å². The molecule has 1 aromatic rings. The first kappa shape index (κ1) is 22.7. The van der Waals surface area contributed by atoms with E-state index in [0.717, 1.165) is 25.9 Å². The van der Waals surface area contributed by atoms with Crippen molar-refractivity contribution in [2.75, 3.05) is 46.3 Å². The minimum atomic E-state index is -3.50. The lowest BCUT2D eigenvalue weighted by atomic mass is 9.81. The average molecular weight is 437 g/mol. The number of amides is 2. The molecule has 2 amide bonds. The summed E-state index contributed by atoms with van der Waals surface area (Å²) < 4.78 is 27.3. The van der Waals surface area contributed by atoms with Gasteiger partial charge < -0.3 is 15.1 Å². The summed E-state index contributed by atoms with van der Waals surface area (Å²) in [5, 5.41) is 2.80. The molecular weight excluding hydrogens is 404 g/mol. The highest BCUT2D eigenvalue weighted by molar-refractivity contribution is 7.89. The zero-order valence-electron chi connectivity index (χ0n) is 17.5. The minimum absolute atomic E-state index is 0.0274. The molecule has 1 saturated heterocycles. The van der Waals surface area contributed by atoms with Crippen LogP contribution in [0.4, 0.5) is 0 Å². The third kappa shape index (κ3) is 6.26. The van der Waals surface area contributed by atoms with Gasteiger partial charge in [-0.2, -0.15) is 0 Å². The molecule has 3 rings (SSSR count). The number of hydrogen-bond donors (Lipinski definition) is 2. The summed E-state index contributed by atoms with van der Waals surface area (Å²) in [6, 6.07) is 8.34. The van der Waals surface area contributed by atoms with Crippen LogP contribution in [0.25, 0.3) is 0 Å². The second-order valence-electron chi connectivity index (χ2n) is 8.28. The molecule has 9 heteroatoms. The Hall–Kier alpha value is -1.97. The molecule has 1 saturated carbocycles. The zero-order chi connectivity index (χ0) is 21.6. The van der Waals surface area contributed by atoms with E-state index in [-0.39, 0.29) is 35.1 Å². The van der Waals surface area contributed by atoms with Crippen LogP contribution in [0, 0.1) is 11.8 Å². The van der Waals surface area contributed by atoms with Crippen LogP contribution in [-0.2, 0) is 19.6 Å². The molecule has 166 valence electrons. The number of piperazine rings is 1. The molecule has 2 fully saturated rings. The van der Waals surface area contributed by atoms with Crippen LogP contribution in [0.1, 0.15) is 25.7 Å². The number of nitrogens with zero attached hydrogens (tertiary/aromatic N) is 2. The minimum Gasteiger partial charge on any atom is -0.347 e. The number of likely N-dealkylation sites (N-methyl/N-ethyl adjacent to an activating group) is 1. The lowest BCUT2D eigenvalue weighted by molar-refractivity contribution is -0.135. The normalized spacial score (nSPS) is 23.2. The third-order valence-electron chi connectivity index (χ3n) is 6.10. The highest BCUT2D eigenvalue weighted by Gasteiger charge is 2.28. The fourth-order valence-electron chi connectivity index (χ4n) is 4.01. The van der Waals surface area contributed by atoms with Crippen molar-refractivity contribution >= 4 is 21.8 Å². The van der Waals surface area contributed by atoms with E-state index in [2.05, 4.69) is 14.9 Å². The standard InChI is InChI=1S/C21H32N4O4S/c1-24-11-13-25(14-12-24)20(26)16-22-21(27)18-9-7-17(8-10-18)15-23-30(28,29)19-5-3-2-4-6-19/h2-6,17-18,23H,7-16H2,1H3,(H,22,27). The quantitative estimate of drug-likeness (QED) is 0.654. The van der Waals surface area contributed by atoms with Crippen LogP contribution in [0.15, 0.2) is 35.2 Å². The number of nitrogens with one attached hydrogen (secondary N) is 2. The average Bonchev–Trinajstić information content (AvgIpc) is 2.77. The van der Waals surface area contributed by atoms with Gasteiger partial charge in [-0.3, -0.25) is 9.59 Å². The number of carbonyl (C=O) groups excluding carboxylic acids is 2. The molecule has 0 radical (unpaired) electrons. The van der Waals surface area contributed by atoms with Crippen molar-refractivity contribution in [3.05, 3.63) is 30.3 Å². The number of rotatable bonds is 7. The van der Waals surface area contributed by atoms with Crippen molar-refractivity contribution < 1.29 is 18.0 Å². The molecule has 2 aliphatic rings. The molecular formula is C21H32N4O4S. The first-order chi connectivity index (χ1) is 14.3. The molecule has 1 heterocycles. The molecule has 0 unspecified atom stereocenters. The van der Waals surface area contributed by atoms with Gasteiger partial charge in [0.25, 0.3) is 0 Å². The first-order valence-electron chi connectivity index (χ1n) is 10.6. The van der Waals surface area contributed by atoms with E-state index < -0.39 is 10.0 Å². The summed E-state index contributed by atoms with van der Waals surface area (Å²) in [7, 11) is -1.46. The zero-order valence-corrected chi connectivity index (χ0v) is 18.4. The van der Waals surface area contributed by atoms with E-state index in [1.54, 1.807) is 35.2 Å². The van der Waals surface area contributed by atoms with Crippen LogP contribution in [0.3, 0.4) is 0 Å². The molecule has 0 aromatic heterocycles. The number of sulfonamides is 1. The summed E-state index contributed by atoms with van der Waals surface area (Å²) in [4.78, 5) is 29.0. The molecule has 30 heavy (non-hydrogen) atoms. The molecule has 0 atom stereocenters. The van der Waals surface area contributed by atoms with Crippen molar-refractivity contribution in [3.8, 4) is 0 Å². The van der Waals surface area contributed by atoms with E-state index in [1.807, 2.05) is 7.05 Å². The summed E-state index contributed by atoms with van der Waals surface area (Å²) in [6.07, 6.45) is 3.02. The Morgan fingerprint density at radius 3 is 2.27 bits per heavy atom. The van der Waals surface area contributed by atoms with Gasteiger partial charge in [-0.15, -0.1) is 0 Å². The summed E-state index contributed by atoms with van der Waals surface area (Å²) in [5.41, 5.74) is 0. The van der Waals surface area contributed by atoms with Gasteiger partial charge >= 0.3 is 0 Å². The van der Waals surface area contributed by atoms with E-state index in [0.29, 0.717) is 32.5 Å². The van der Waals surface area contributed by atoms with Crippen LogP contribution in [-0.4, -0.2) is 76.3 Å². The van der Waals surface area contributed by atoms with E-state index in [9.17, 15) is 18.0 Å². The van der Waals surface area contributed by atoms with E-state index in [4.69, 9.17) is 0 Å². The lowest BCUT2D eigenvalue weighted by Gasteiger charge is -2.32. The number of carbonyl (C=O) groups is 2. The van der Waals surface area contributed by atoms with Crippen LogP contribution in [0.5, 0.6) is 0 Å². The van der Waals surface area contributed by atoms with Crippen molar-refractivity contribution in [2.24, 2.45) is 11.8 Å². The largest absolute Gasteiger partial charge is 0.347 e. The molecule has 1 aliphatic heterocycles. The first-order valence-corrected chi connectivity index (χ1v) is 12.1. The second kappa shape index (κ2) is 10.4. The Bertz CT molecular complexity index is 815. The summed E-state index contributed by atoms with van der Waals surface area (Å²) in [6.45, 7) is 3.56. The third-order valence-corrected chi connectivity index (χ3v) is 7.54. The maximum Gasteiger partial charge on any atom is 0.242 e. The van der Waals surface area contributed by atoms with Gasteiger partial charge in [0, 0.05) is 38.6 Å². The molecule has 1 aromatic carbocycles. The van der Waals surface area contributed by atoms with Gasteiger partial charge in [0.15, 0.2) is 0 Å². The Morgan fingerprint density at radius 2 is 1.63 bits per heavy atom. The Labute approximate surface area is 179 Å². The van der Waals surface area contributed by atoms with Crippen LogP contribution in [0.2, 0.25) is 0 Å². The monoisotopic (exact) mass is 436 g/mol. The van der Waals surface area contributed by atoms with Crippen molar-refractivity contribution in [1.29, 1.82) is 0 Å². The molecule has 2 N–H and O–H groups in total. The summed E-state index contributed by atoms with van der Waals surface area (Å²) in [5.74, 6) is 0.0213. The van der Waals surface area contributed by atoms with Crippen LogP contribution >= 0.6 is 0 Å². The fourth-order valence-corrected chi connectivity index (χ4v) is 5.15. The highest BCUT2D eigenvalue weighted by Crippen LogP contribution is 2.28. The SMILES string of the molecule is CN1CCN(C(=O)CNC(=O)C2CCC(CNS(=O)(=O)c3ccccc3)CC2)CC1. The molecule has 1 aliphatic carbocycles. The van der Waals surface area contributed by atoms with Crippen molar-refractivity contribution in [2.45, 2.75) is 30.6 Å². The Balaban J connectivity index is 1.36. The maximum absolute atomic E-state index is 12.4. The summed E-state index contributed by atoms with van der Waals surface area (Å²) >= 11 is 0. The van der Waals surface area contributed by atoms with Gasteiger partial charge in [0.05, 0.1) is 11.4 Å². The van der Waals surface area contributed by atoms with Crippen LogP contribution < -0.4 is 10.0 Å². The fraction of sp³-hybridized carbons (Fsp3) is 0.619. The lowest BCUT2D eigenvalue weighted by Crippen LogP contribution is -2.50. The van der Waals surface area contributed by atoms with Crippen molar-refractivity contribution in [1.82, 2.24) is 19.8 Å². The van der Waals surface area contributed by atoms with Crippen molar-refractivity contribution in [3.63, 3.8) is 0 Å². The molecule has 0 spiro atoms. The Morgan fingerprint density at radius 1 is 1.00 bits per heavy atom. The van der Waals surface area contributed by atoms with Gasteiger partial charge in [0.2, 0.25) is 21.8 Å². The smallest absolute Gasteiger partial charge is 0.242 e. The predicted octanol–water partition coefficient (Wildman–Crippen LogP) is 0.662. The maximum atomic E-state index is 12.4. The number of hydrogen-bond acceptors (Lipinski definition) is 5. The predicted molar refractivity (Wildman–Crippen MR) is 114 cm³/mol.